The fourth-order valence-electron chi connectivity index (χ4n) is 1.11. The molecule has 0 aliphatic heterocycles. The van der Waals surface area contributed by atoms with E-state index in [1.54, 1.807) is 6.92 Å². The van der Waals surface area contributed by atoms with Gasteiger partial charge in [-0.1, -0.05) is 6.07 Å². The smallest absolute Gasteiger partial charge is 0.251 e. The predicted molar refractivity (Wildman–Crippen MR) is 56.6 cm³/mol. The Hall–Kier alpha value is -1.46. The number of amides is 1. The summed E-state index contributed by atoms with van der Waals surface area (Å²) in [6, 6.07) is 4.14. The van der Waals surface area contributed by atoms with E-state index in [4.69, 9.17) is 10.2 Å². The van der Waals surface area contributed by atoms with Crippen LogP contribution in [0.2, 0.25) is 0 Å². The lowest BCUT2D eigenvalue weighted by Gasteiger charge is -2.09. The Labute approximate surface area is 92.7 Å². The maximum absolute atomic E-state index is 13.1. The second-order valence-electron chi connectivity index (χ2n) is 3.51. The fraction of sp³-hybridized carbons (Fsp3) is 0.364. The molecule has 0 heterocycles. The lowest BCUT2D eigenvalue weighted by Crippen LogP contribution is -2.33. The number of halogens is 1. The Bertz CT molecular complexity index is 381. The number of aryl methyl sites for hydroxylation is 1. The van der Waals surface area contributed by atoms with E-state index in [2.05, 4.69) is 5.32 Å². The van der Waals surface area contributed by atoms with Crippen molar-refractivity contribution in [2.45, 2.75) is 13.0 Å². The summed E-state index contributed by atoms with van der Waals surface area (Å²) in [5, 5.41) is 19.9. The zero-order valence-corrected chi connectivity index (χ0v) is 8.90. The molecule has 1 unspecified atom stereocenters. The van der Waals surface area contributed by atoms with Gasteiger partial charge in [0.2, 0.25) is 0 Å². The van der Waals surface area contributed by atoms with E-state index >= 15 is 0 Å². The van der Waals surface area contributed by atoms with Gasteiger partial charge in [-0.05, 0) is 24.6 Å². The minimum atomic E-state index is -1.00. The normalized spacial score (nSPS) is 12.2. The third kappa shape index (κ3) is 3.29. The molecule has 3 N–H and O–H groups in total. The van der Waals surface area contributed by atoms with Crippen LogP contribution in [0.3, 0.4) is 0 Å². The van der Waals surface area contributed by atoms with Crippen LogP contribution in [0.15, 0.2) is 18.2 Å². The predicted octanol–water partition coefficient (Wildman–Crippen LogP) is 0.217. The number of aliphatic hydroxyl groups excluding tert-OH is 2. The third-order valence-electron chi connectivity index (χ3n) is 2.14. The van der Waals surface area contributed by atoms with Crippen LogP contribution < -0.4 is 5.32 Å². The van der Waals surface area contributed by atoms with Gasteiger partial charge in [0.25, 0.3) is 5.91 Å². The van der Waals surface area contributed by atoms with E-state index in [0.717, 1.165) is 6.07 Å². The van der Waals surface area contributed by atoms with Crippen LogP contribution in [-0.2, 0) is 0 Å². The summed E-state index contributed by atoms with van der Waals surface area (Å²) >= 11 is 0. The van der Waals surface area contributed by atoms with Crippen LogP contribution in [0.25, 0.3) is 0 Å². The highest BCUT2D eigenvalue weighted by Crippen LogP contribution is 2.08. The van der Waals surface area contributed by atoms with Crippen molar-refractivity contribution in [2.75, 3.05) is 13.2 Å². The van der Waals surface area contributed by atoms with Gasteiger partial charge in [0.05, 0.1) is 12.7 Å². The van der Waals surface area contributed by atoms with E-state index < -0.39 is 24.4 Å². The van der Waals surface area contributed by atoms with Crippen LogP contribution in [0.1, 0.15) is 15.9 Å². The Morgan fingerprint density at radius 2 is 2.25 bits per heavy atom. The fourth-order valence-corrected chi connectivity index (χ4v) is 1.11. The van der Waals surface area contributed by atoms with Crippen molar-refractivity contribution in [3.8, 4) is 0 Å². The van der Waals surface area contributed by atoms with Crippen LogP contribution in [0.5, 0.6) is 0 Å². The SMILES string of the molecule is Cc1ccc(C(=O)NCC(O)CO)cc1F. The number of benzene rings is 1. The maximum Gasteiger partial charge on any atom is 0.251 e. The molecule has 0 bridgehead atoms. The van der Waals surface area contributed by atoms with Gasteiger partial charge in [-0.25, -0.2) is 4.39 Å². The number of aliphatic hydroxyl groups is 2. The summed E-state index contributed by atoms with van der Waals surface area (Å²) in [5.41, 5.74) is 0.653. The summed E-state index contributed by atoms with van der Waals surface area (Å²) < 4.78 is 13.1. The Morgan fingerprint density at radius 3 is 2.81 bits per heavy atom. The molecule has 5 heteroatoms. The quantitative estimate of drug-likeness (QED) is 0.689. The topological polar surface area (TPSA) is 69.6 Å². The highest BCUT2D eigenvalue weighted by molar-refractivity contribution is 5.94. The molecule has 0 radical (unpaired) electrons. The minimum Gasteiger partial charge on any atom is -0.394 e. The van der Waals surface area contributed by atoms with Crippen molar-refractivity contribution in [1.82, 2.24) is 5.32 Å². The summed E-state index contributed by atoms with van der Waals surface area (Å²) in [4.78, 5) is 11.5. The Balaban J connectivity index is 2.63. The molecule has 0 aliphatic carbocycles. The molecule has 88 valence electrons. The first-order valence-electron chi connectivity index (χ1n) is 4.88. The van der Waals surface area contributed by atoms with Gasteiger partial charge in [-0.3, -0.25) is 4.79 Å². The zero-order chi connectivity index (χ0) is 12.1. The molecule has 1 atom stereocenters. The second kappa shape index (κ2) is 5.58. The standard InChI is InChI=1S/C11H14FNO3/c1-7-2-3-8(4-10(7)12)11(16)13-5-9(15)6-14/h2-4,9,14-15H,5-6H2,1H3,(H,13,16). The molecule has 16 heavy (non-hydrogen) atoms. The molecule has 0 spiro atoms. The summed E-state index contributed by atoms with van der Waals surface area (Å²) in [7, 11) is 0. The average molecular weight is 227 g/mol. The molecule has 1 rings (SSSR count). The summed E-state index contributed by atoms with van der Waals surface area (Å²) in [5.74, 6) is -0.929. The van der Waals surface area contributed by atoms with E-state index in [0.29, 0.717) is 5.56 Å². The molecule has 0 fully saturated rings. The lowest BCUT2D eigenvalue weighted by atomic mass is 10.1. The van der Waals surface area contributed by atoms with Crippen molar-refractivity contribution in [2.24, 2.45) is 0 Å². The molecule has 0 aromatic heterocycles. The first kappa shape index (κ1) is 12.6. The van der Waals surface area contributed by atoms with E-state index in [1.807, 2.05) is 0 Å². The molecule has 0 saturated heterocycles. The molecule has 1 amide bonds. The molecule has 1 aromatic carbocycles. The molecule has 4 nitrogen and oxygen atoms in total. The van der Waals surface area contributed by atoms with Gasteiger partial charge in [-0.15, -0.1) is 0 Å². The molecule has 0 saturated carbocycles. The van der Waals surface area contributed by atoms with Crippen molar-refractivity contribution in [3.05, 3.63) is 35.1 Å². The monoisotopic (exact) mass is 227 g/mol. The Kier molecular flexibility index (Phi) is 4.39. The highest BCUT2D eigenvalue weighted by Gasteiger charge is 2.09. The molecular formula is C11H14FNO3. The van der Waals surface area contributed by atoms with E-state index in [1.165, 1.54) is 12.1 Å². The number of nitrogens with one attached hydrogen (secondary N) is 1. The molecule has 0 aliphatic rings. The van der Waals surface area contributed by atoms with E-state index in [9.17, 15) is 9.18 Å². The van der Waals surface area contributed by atoms with Gasteiger partial charge in [-0.2, -0.15) is 0 Å². The van der Waals surface area contributed by atoms with E-state index in [-0.39, 0.29) is 12.1 Å². The number of hydrogen-bond acceptors (Lipinski definition) is 3. The lowest BCUT2D eigenvalue weighted by molar-refractivity contribution is 0.0801. The number of hydrogen-bond donors (Lipinski definition) is 3. The van der Waals surface area contributed by atoms with Gasteiger partial charge in [0.15, 0.2) is 0 Å². The minimum absolute atomic E-state index is 0.0647. The summed E-state index contributed by atoms with van der Waals surface area (Å²) in [6.45, 7) is 1.11. The average Bonchev–Trinajstić information content (AvgIpc) is 2.29. The second-order valence-corrected chi connectivity index (χ2v) is 3.51. The van der Waals surface area contributed by atoms with Gasteiger partial charge >= 0.3 is 0 Å². The van der Waals surface area contributed by atoms with Crippen molar-refractivity contribution >= 4 is 5.91 Å². The zero-order valence-electron chi connectivity index (χ0n) is 8.90. The van der Waals surface area contributed by atoms with Crippen molar-refractivity contribution in [3.63, 3.8) is 0 Å². The molecular weight excluding hydrogens is 213 g/mol. The first-order chi connectivity index (χ1) is 7.54. The maximum atomic E-state index is 13.1. The van der Waals surface area contributed by atoms with Gasteiger partial charge < -0.3 is 15.5 Å². The van der Waals surface area contributed by atoms with Crippen LogP contribution >= 0.6 is 0 Å². The largest absolute Gasteiger partial charge is 0.394 e. The van der Waals surface area contributed by atoms with Crippen molar-refractivity contribution in [1.29, 1.82) is 0 Å². The number of carbonyl (C=O) groups excluding carboxylic acids is 1. The molecule has 1 aromatic rings. The number of rotatable bonds is 4. The highest BCUT2D eigenvalue weighted by atomic mass is 19.1. The first-order valence-corrected chi connectivity index (χ1v) is 4.88. The van der Waals surface area contributed by atoms with Gasteiger partial charge in [0.1, 0.15) is 5.82 Å². The van der Waals surface area contributed by atoms with Crippen LogP contribution in [0, 0.1) is 12.7 Å². The van der Waals surface area contributed by atoms with Crippen molar-refractivity contribution < 1.29 is 19.4 Å². The summed E-state index contributed by atoms with van der Waals surface area (Å²) in [6.07, 6.45) is -1.00. The Morgan fingerprint density at radius 1 is 1.56 bits per heavy atom. The number of carbonyl (C=O) groups is 1. The third-order valence-corrected chi connectivity index (χ3v) is 2.14. The van der Waals surface area contributed by atoms with Gasteiger partial charge in [0, 0.05) is 12.1 Å². The van der Waals surface area contributed by atoms with Crippen LogP contribution in [0.4, 0.5) is 4.39 Å². The van der Waals surface area contributed by atoms with Crippen LogP contribution in [-0.4, -0.2) is 35.4 Å².